The Hall–Kier alpha value is -1.40. The van der Waals surface area contributed by atoms with Crippen molar-refractivity contribution >= 4 is 0 Å². The van der Waals surface area contributed by atoms with Crippen LogP contribution in [0.3, 0.4) is 0 Å². The smallest absolute Gasteiger partial charge is 0.123 e. The Balaban J connectivity index is 3.07. The average Bonchev–Trinajstić information content (AvgIpc) is 2.18. The van der Waals surface area contributed by atoms with Gasteiger partial charge in [0.25, 0.3) is 0 Å². The van der Waals surface area contributed by atoms with E-state index in [2.05, 4.69) is 0 Å². The molecule has 0 fully saturated rings. The molecule has 0 saturated carbocycles. The molecule has 1 unspecified atom stereocenters. The Morgan fingerprint density at radius 3 is 2.79 bits per heavy atom. The van der Waals surface area contributed by atoms with Gasteiger partial charge in [-0.25, -0.2) is 4.39 Å². The van der Waals surface area contributed by atoms with E-state index in [9.17, 15) is 9.50 Å². The van der Waals surface area contributed by atoms with Crippen LogP contribution in [-0.4, -0.2) is 5.11 Å². The van der Waals surface area contributed by atoms with Gasteiger partial charge in [0.2, 0.25) is 0 Å². The third-order valence-corrected chi connectivity index (χ3v) is 2.32. The lowest BCUT2D eigenvalue weighted by atomic mass is 9.88. The molecule has 0 aliphatic carbocycles. The fourth-order valence-corrected chi connectivity index (χ4v) is 1.34. The fraction of sp³-hybridized carbons (Fsp3) is 0.364. The standard InChI is InChI=1S/C11H12FNO/c1-2-11(14,6-7-13)9-4-3-5-10(12)8-9/h3-5,8,14H,2,6H2,1H3. The molecule has 14 heavy (non-hydrogen) atoms. The molecule has 2 nitrogen and oxygen atoms in total. The van der Waals surface area contributed by atoms with E-state index in [-0.39, 0.29) is 6.42 Å². The maximum absolute atomic E-state index is 12.9. The molecule has 1 atom stereocenters. The van der Waals surface area contributed by atoms with Gasteiger partial charge in [0, 0.05) is 0 Å². The van der Waals surface area contributed by atoms with E-state index >= 15 is 0 Å². The molecule has 0 aliphatic heterocycles. The summed E-state index contributed by atoms with van der Waals surface area (Å²) in [7, 11) is 0. The average molecular weight is 193 g/mol. The van der Waals surface area contributed by atoms with E-state index in [0.29, 0.717) is 12.0 Å². The van der Waals surface area contributed by atoms with Gasteiger partial charge in [-0.2, -0.15) is 5.26 Å². The zero-order chi connectivity index (χ0) is 10.6. The summed E-state index contributed by atoms with van der Waals surface area (Å²) in [5, 5.41) is 18.6. The number of benzene rings is 1. The molecule has 0 saturated heterocycles. The van der Waals surface area contributed by atoms with Gasteiger partial charge >= 0.3 is 0 Å². The van der Waals surface area contributed by atoms with Crippen molar-refractivity contribution < 1.29 is 9.50 Å². The van der Waals surface area contributed by atoms with Crippen LogP contribution in [0.5, 0.6) is 0 Å². The first-order valence-electron chi connectivity index (χ1n) is 4.48. The van der Waals surface area contributed by atoms with Crippen LogP contribution in [0.15, 0.2) is 24.3 Å². The van der Waals surface area contributed by atoms with Crippen LogP contribution in [0.4, 0.5) is 4.39 Å². The number of hydrogen-bond donors (Lipinski definition) is 1. The summed E-state index contributed by atoms with van der Waals surface area (Å²) in [5.41, 5.74) is -0.766. The Morgan fingerprint density at radius 2 is 2.29 bits per heavy atom. The molecule has 1 aromatic rings. The van der Waals surface area contributed by atoms with Gasteiger partial charge in [-0.3, -0.25) is 0 Å². The lowest BCUT2D eigenvalue weighted by Gasteiger charge is -2.24. The Bertz CT molecular complexity index is 359. The predicted molar refractivity (Wildman–Crippen MR) is 50.8 cm³/mol. The van der Waals surface area contributed by atoms with Crippen molar-refractivity contribution in [3.63, 3.8) is 0 Å². The molecular weight excluding hydrogens is 181 g/mol. The highest BCUT2D eigenvalue weighted by atomic mass is 19.1. The number of rotatable bonds is 3. The van der Waals surface area contributed by atoms with Gasteiger partial charge in [0.05, 0.1) is 12.5 Å². The molecule has 0 aromatic heterocycles. The second kappa shape index (κ2) is 4.21. The Labute approximate surface area is 82.6 Å². The maximum atomic E-state index is 12.9. The number of hydrogen-bond acceptors (Lipinski definition) is 2. The van der Waals surface area contributed by atoms with Gasteiger partial charge in [0.15, 0.2) is 0 Å². The van der Waals surface area contributed by atoms with Crippen LogP contribution in [0.25, 0.3) is 0 Å². The summed E-state index contributed by atoms with van der Waals surface area (Å²) >= 11 is 0. The summed E-state index contributed by atoms with van der Waals surface area (Å²) in [5.74, 6) is -0.396. The van der Waals surface area contributed by atoms with Gasteiger partial charge < -0.3 is 5.11 Å². The topological polar surface area (TPSA) is 44.0 Å². The van der Waals surface area contributed by atoms with Crippen molar-refractivity contribution in [2.45, 2.75) is 25.4 Å². The Kier molecular flexibility index (Phi) is 3.21. The lowest BCUT2D eigenvalue weighted by Crippen LogP contribution is -2.24. The summed E-state index contributed by atoms with van der Waals surface area (Å²) < 4.78 is 12.9. The third kappa shape index (κ3) is 2.09. The lowest BCUT2D eigenvalue weighted by molar-refractivity contribution is 0.0370. The first kappa shape index (κ1) is 10.7. The molecule has 1 N–H and O–H groups in total. The minimum atomic E-state index is -1.23. The zero-order valence-corrected chi connectivity index (χ0v) is 8.00. The normalized spacial score (nSPS) is 14.4. The summed E-state index contributed by atoms with van der Waals surface area (Å²) in [4.78, 5) is 0. The van der Waals surface area contributed by atoms with Crippen molar-refractivity contribution in [1.29, 1.82) is 5.26 Å². The van der Waals surface area contributed by atoms with Crippen molar-refractivity contribution in [3.05, 3.63) is 35.6 Å². The number of nitriles is 1. The molecule has 0 radical (unpaired) electrons. The molecular formula is C11H12FNO. The van der Waals surface area contributed by atoms with Crippen molar-refractivity contribution in [2.75, 3.05) is 0 Å². The quantitative estimate of drug-likeness (QED) is 0.800. The predicted octanol–water partition coefficient (Wildman–Crippen LogP) is 2.34. The van der Waals surface area contributed by atoms with E-state index < -0.39 is 11.4 Å². The third-order valence-electron chi connectivity index (χ3n) is 2.32. The summed E-state index contributed by atoms with van der Waals surface area (Å²) in [6.07, 6.45) is 0.372. The van der Waals surface area contributed by atoms with E-state index in [1.807, 2.05) is 6.07 Å². The monoisotopic (exact) mass is 193 g/mol. The van der Waals surface area contributed by atoms with Gasteiger partial charge in [-0.05, 0) is 24.1 Å². The fourth-order valence-electron chi connectivity index (χ4n) is 1.34. The maximum Gasteiger partial charge on any atom is 0.123 e. The molecule has 0 aliphatic rings. The number of nitrogens with zero attached hydrogens (tertiary/aromatic N) is 1. The highest BCUT2D eigenvalue weighted by molar-refractivity contribution is 5.24. The van der Waals surface area contributed by atoms with Crippen LogP contribution in [0, 0.1) is 17.1 Å². The van der Waals surface area contributed by atoms with Gasteiger partial charge in [-0.15, -0.1) is 0 Å². The van der Waals surface area contributed by atoms with E-state index in [4.69, 9.17) is 5.26 Å². The van der Waals surface area contributed by atoms with E-state index in [0.717, 1.165) is 0 Å². The zero-order valence-electron chi connectivity index (χ0n) is 8.00. The molecule has 1 rings (SSSR count). The highest BCUT2D eigenvalue weighted by Gasteiger charge is 2.26. The second-order valence-corrected chi connectivity index (χ2v) is 3.23. The molecule has 0 amide bonds. The SMILES string of the molecule is CCC(O)(CC#N)c1cccc(F)c1. The van der Waals surface area contributed by atoms with Gasteiger partial charge in [-0.1, -0.05) is 19.1 Å². The van der Waals surface area contributed by atoms with Crippen LogP contribution >= 0.6 is 0 Å². The first-order valence-corrected chi connectivity index (χ1v) is 4.48. The van der Waals surface area contributed by atoms with Crippen molar-refractivity contribution in [2.24, 2.45) is 0 Å². The minimum absolute atomic E-state index is 0.0209. The van der Waals surface area contributed by atoms with Crippen LogP contribution in [-0.2, 0) is 5.60 Å². The first-order chi connectivity index (χ1) is 6.62. The second-order valence-electron chi connectivity index (χ2n) is 3.23. The minimum Gasteiger partial charge on any atom is -0.384 e. The van der Waals surface area contributed by atoms with Crippen molar-refractivity contribution in [1.82, 2.24) is 0 Å². The molecule has 3 heteroatoms. The van der Waals surface area contributed by atoms with Crippen LogP contribution < -0.4 is 0 Å². The molecule has 74 valence electrons. The largest absolute Gasteiger partial charge is 0.384 e. The van der Waals surface area contributed by atoms with Crippen LogP contribution in [0.2, 0.25) is 0 Å². The summed E-state index contributed by atoms with van der Waals surface area (Å²) in [6, 6.07) is 7.64. The molecule has 0 bridgehead atoms. The summed E-state index contributed by atoms with van der Waals surface area (Å²) in [6.45, 7) is 1.77. The van der Waals surface area contributed by atoms with E-state index in [1.54, 1.807) is 13.0 Å². The van der Waals surface area contributed by atoms with Crippen molar-refractivity contribution in [3.8, 4) is 6.07 Å². The molecule has 0 spiro atoms. The number of aliphatic hydroxyl groups is 1. The molecule has 0 heterocycles. The highest BCUT2D eigenvalue weighted by Crippen LogP contribution is 2.28. The Morgan fingerprint density at radius 1 is 1.57 bits per heavy atom. The number of halogens is 1. The van der Waals surface area contributed by atoms with Crippen LogP contribution in [0.1, 0.15) is 25.3 Å². The molecule has 1 aromatic carbocycles. The van der Waals surface area contributed by atoms with Gasteiger partial charge in [0.1, 0.15) is 11.4 Å². The van der Waals surface area contributed by atoms with E-state index in [1.165, 1.54) is 18.2 Å².